The fourth-order valence-corrected chi connectivity index (χ4v) is 7.69. The van der Waals surface area contributed by atoms with E-state index in [1.54, 1.807) is 0 Å². The van der Waals surface area contributed by atoms with Gasteiger partial charge in [0, 0.05) is 6.61 Å². The number of carbonyl (C=O) groups excluding carboxylic acids is 2. The van der Waals surface area contributed by atoms with E-state index in [2.05, 4.69) is 39.5 Å². The van der Waals surface area contributed by atoms with Crippen molar-refractivity contribution in [2.45, 2.75) is 248 Å². The molecular weight excluding hydrogens is 683 g/mol. The molecule has 0 aromatic rings. The van der Waals surface area contributed by atoms with Crippen molar-refractivity contribution in [3.8, 4) is 0 Å². The molecule has 0 amide bonds. The van der Waals surface area contributed by atoms with Gasteiger partial charge in [-0.1, -0.05) is 162 Å². The second kappa shape index (κ2) is 37.2. The molecule has 0 aliphatic rings. The minimum Gasteiger partial charge on any atom is -0.465 e. The van der Waals surface area contributed by atoms with Gasteiger partial charge in [0.1, 0.15) is 0 Å². The fourth-order valence-electron chi connectivity index (χ4n) is 7.69. The van der Waals surface area contributed by atoms with Gasteiger partial charge in [-0.25, -0.2) is 0 Å². The molecule has 0 rings (SSSR count). The maximum atomic E-state index is 13.2. The van der Waals surface area contributed by atoms with Gasteiger partial charge >= 0.3 is 11.9 Å². The van der Waals surface area contributed by atoms with E-state index in [4.69, 9.17) is 9.47 Å². The van der Waals surface area contributed by atoms with Crippen LogP contribution in [0.2, 0.25) is 0 Å². The van der Waals surface area contributed by atoms with Crippen LogP contribution in [0.25, 0.3) is 0 Å². The molecule has 328 valence electrons. The summed E-state index contributed by atoms with van der Waals surface area (Å²) >= 11 is 0. The highest BCUT2D eigenvalue weighted by Gasteiger charge is 2.30. The lowest BCUT2D eigenvalue weighted by atomic mass is 9.86. The Morgan fingerprint density at radius 2 is 0.836 bits per heavy atom. The van der Waals surface area contributed by atoms with Crippen LogP contribution in [0.1, 0.15) is 248 Å². The number of nitrogens with zero attached hydrogens (tertiary/aromatic N) is 1. The molecule has 0 atom stereocenters. The molecule has 6 nitrogen and oxygen atoms in total. The van der Waals surface area contributed by atoms with Crippen molar-refractivity contribution >= 4 is 11.9 Å². The van der Waals surface area contributed by atoms with Crippen molar-refractivity contribution in [1.29, 1.82) is 0 Å². The standard InChI is InChI=1S/C49H97NO5/c1-8-11-14-17-18-25-34-43-54-46(52)48(4,5)37-28-21-23-30-39-50(41-32-33-42-51)40-31-24-22-29-38-49(6,7)47(53)55-44-45(35-26-19-15-12-9-2)36-27-20-16-13-10-3/h45,51H,8-44H2,1-7H3. The Morgan fingerprint density at radius 3 is 1.29 bits per heavy atom. The number of hydrogen-bond donors (Lipinski definition) is 1. The van der Waals surface area contributed by atoms with Crippen LogP contribution in [0, 0.1) is 16.7 Å². The van der Waals surface area contributed by atoms with Gasteiger partial charge in [0.15, 0.2) is 0 Å². The average Bonchev–Trinajstić information content (AvgIpc) is 3.16. The molecule has 0 saturated carbocycles. The van der Waals surface area contributed by atoms with Gasteiger partial charge < -0.3 is 19.5 Å². The number of carbonyl (C=O) groups is 2. The number of aliphatic hydroxyl groups is 1. The zero-order valence-corrected chi connectivity index (χ0v) is 38.3. The zero-order valence-electron chi connectivity index (χ0n) is 38.3. The number of aliphatic hydroxyl groups excluding tert-OH is 1. The van der Waals surface area contributed by atoms with E-state index < -0.39 is 10.8 Å². The monoisotopic (exact) mass is 780 g/mol. The quantitative estimate of drug-likeness (QED) is 0.0491. The first-order valence-corrected chi connectivity index (χ1v) is 24.2. The topological polar surface area (TPSA) is 76.1 Å². The minimum atomic E-state index is -0.425. The van der Waals surface area contributed by atoms with Crippen molar-refractivity contribution in [2.24, 2.45) is 16.7 Å². The van der Waals surface area contributed by atoms with Gasteiger partial charge in [0.2, 0.25) is 0 Å². The van der Waals surface area contributed by atoms with Gasteiger partial charge in [-0.2, -0.15) is 0 Å². The Labute approximate surface area is 343 Å². The highest BCUT2D eigenvalue weighted by molar-refractivity contribution is 5.76. The first-order valence-electron chi connectivity index (χ1n) is 24.2. The predicted octanol–water partition coefficient (Wildman–Crippen LogP) is 14.2. The van der Waals surface area contributed by atoms with E-state index in [1.165, 1.54) is 135 Å². The van der Waals surface area contributed by atoms with E-state index in [0.29, 0.717) is 19.1 Å². The maximum absolute atomic E-state index is 13.2. The van der Waals surface area contributed by atoms with Gasteiger partial charge in [0.25, 0.3) is 0 Å². The summed E-state index contributed by atoms with van der Waals surface area (Å²) in [4.78, 5) is 28.5. The third-order valence-electron chi connectivity index (χ3n) is 11.9. The van der Waals surface area contributed by atoms with Crippen LogP contribution < -0.4 is 0 Å². The molecule has 0 unspecified atom stereocenters. The van der Waals surface area contributed by atoms with E-state index in [9.17, 15) is 14.7 Å². The largest absolute Gasteiger partial charge is 0.465 e. The molecule has 0 fully saturated rings. The van der Waals surface area contributed by atoms with Crippen LogP contribution in [0.4, 0.5) is 0 Å². The second-order valence-corrected chi connectivity index (χ2v) is 18.5. The third kappa shape index (κ3) is 32.5. The molecule has 0 aromatic carbocycles. The molecule has 55 heavy (non-hydrogen) atoms. The number of ether oxygens (including phenoxy) is 2. The first kappa shape index (κ1) is 53.9. The molecule has 0 spiro atoms. The Kier molecular flexibility index (Phi) is 36.4. The van der Waals surface area contributed by atoms with Gasteiger partial charge in [-0.05, 0) is 111 Å². The number of hydrogen-bond acceptors (Lipinski definition) is 6. The normalized spacial score (nSPS) is 12.3. The van der Waals surface area contributed by atoms with Gasteiger partial charge in [-0.15, -0.1) is 0 Å². The van der Waals surface area contributed by atoms with Crippen molar-refractivity contribution < 1.29 is 24.2 Å². The summed E-state index contributed by atoms with van der Waals surface area (Å²) in [5.41, 5.74) is -0.831. The van der Waals surface area contributed by atoms with Gasteiger partial charge in [0.05, 0.1) is 24.0 Å². The molecule has 0 bridgehead atoms. The van der Waals surface area contributed by atoms with Crippen LogP contribution >= 0.6 is 0 Å². The lowest BCUT2D eigenvalue weighted by Crippen LogP contribution is -2.29. The average molecular weight is 780 g/mol. The summed E-state index contributed by atoms with van der Waals surface area (Å²) in [5.74, 6) is 0.468. The van der Waals surface area contributed by atoms with Crippen LogP contribution in [0.15, 0.2) is 0 Å². The maximum Gasteiger partial charge on any atom is 0.311 e. The first-order chi connectivity index (χ1) is 26.5. The van der Waals surface area contributed by atoms with E-state index >= 15 is 0 Å². The molecule has 6 heteroatoms. The summed E-state index contributed by atoms with van der Waals surface area (Å²) < 4.78 is 11.7. The summed E-state index contributed by atoms with van der Waals surface area (Å²) in [5, 5.41) is 9.34. The lowest BCUT2D eigenvalue weighted by Gasteiger charge is -2.25. The van der Waals surface area contributed by atoms with E-state index in [1.807, 2.05) is 13.8 Å². The molecule has 0 heterocycles. The van der Waals surface area contributed by atoms with Crippen LogP contribution in [-0.2, 0) is 19.1 Å². The van der Waals surface area contributed by atoms with E-state index in [-0.39, 0.29) is 18.5 Å². The smallest absolute Gasteiger partial charge is 0.311 e. The van der Waals surface area contributed by atoms with Crippen molar-refractivity contribution in [2.75, 3.05) is 39.5 Å². The highest BCUT2D eigenvalue weighted by Crippen LogP contribution is 2.28. The van der Waals surface area contributed by atoms with Gasteiger partial charge in [-0.3, -0.25) is 9.59 Å². The Morgan fingerprint density at radius 1 is 0.473 bits per heavy atom. The summed E-state index contributed by atoms with van der Waals surface area (Å²) in [6.07, 6.45) is 36.8. The van der Waals surface area contributed by atoms with Crippen molar-refractivity contribution in [1.82, 2.24) is 4.90 Å². The highest BCUT2D eigenvalue weighted by atomic mass is 16.5. The van der Waals surface area contributed by atoms with Crippen molar-refractivity contribution in [3.63, 3.8) is 0 Å². The molecule has 1 N–H and O–H groups in total. The summed E-state index contributed by atoms with van der Waals surface area (Å²) in [7, 11) is 0. The number of unbranched alkanes of at least 4 members (excludes halogenated alkanes) is 21. The number of esters is 2. The predicted molar refractivity (Wildman–Crippen MR) is 237 cm³/mol. The SMILES string of the molecule is CCCCCCCCCOC(=O)C(C)(C)CCCCCCN(CCCCO)CCCCCCC(C)(C)C(=O)OCC(CCCCCCC)CCCCCCC. The molecule has 0 aromatic heterocycles. The summed E-state index contributed by atoms with van der Waals surface area (Å²) in [6, 6.07) is 0. The van der Waals surface area contributed by atoms with Crippen LogP contribution in [-0.4, -0.2) is 61.4 Å². The molecule has 0 aliphatic heterocycles. The Hall–Kier alpha value is -1.14. The fraction of sp³-hybridized carbons (Fsp3) is 0.959. The Balaban J connectivity index is 4.40. The third-order valence-corrected chi connectivity index (χ3v) is 11.9. The zero-order chi connectivity index (χ0) is 40.9. The molecular formula is C49H97NO5. The van der Waals surface area contributed by atoms with Crippen LogP contribution in [0.3, 0.4) is 0 Å². The summed E-state index contributed by atoms with van der Waals surface area (Å²) in [6.45, 7) is 19.7. The van der Waals surface area contributed by atoms with E-state index in [0.717, 1.165) is 83.8 Å². The molecule has 0 aliphatic carbocycles. The molecule has 0 radical (unpaired) electrons. The van der Waals surface area contributed by atoms with Crippen molar-refractivity contribution in [3.05, 3.63) is 0 Å². The minimum absolute atomic E-state index is 0.00757. The Bertz CT molecular complexity index is 844. The molecule has 0 saturated heterocycles. The number of rotatable bonds is 42. The second-order valence-electron chi connectivity index (χ2n) is 18.5. The van der Waals surface area contributed by atoms with Crippen LogP contribution in [0.5, 0.6) is 0 Å². The lowest BCUT2D eigenvalue weighted by molar-refractivity contribution is -0.156.